The van der Waals surface area contributed by atoms with Crippen molar-refractivity contribution in [2.24, 2.45) is 0 Å². The van der Waals surface area contributed by atoms with E-state index in [-0.39, 0.29) is 12.0 Å². The predicted molar refractivity (Wildman–Crippen MR) is 85.3 cm³/mol. The summed E-state index contributed by atoms with van der Waals surface area (Å²) in [5.41, 5.74) is -1.39. The topological polar surface area (TPSA) is 47.6 Å². The molecule has 1 N–H and O–H groups in total. The molecule has 1 unspecified atom stereocenters. The third-order valence-corrected chi connectivity index (χ3v) is 3.71. The number of carbonyl (C=O) groups excluding carboxylic acids is 1. The maximum absolute atomic E-state index is 12.1. The van der Waals surface area contributed by atoms with Gasteiger partial charge in [-0.05, 0) is 54.4 Å². The van der Waals surface area contributed by atoms with E-state index in [9.17, 15) is 4.79 Å². The summed E-state index contributed by atoms with van der Waals surface area (Å²) in [5.74, 6) is -0.306. The molecule has 0 amide bonds. The molecule has 0 aliphatic heterocycles. The summed E-state index contributed by atoms with van der Waals surface area (Å²) in [6.45, 7) is 11.8. The summed E-state index contributed by atoms with van der Waals surface area (Å²) in [7, 11) is 0. The lowest BCUT2D eigenvalue weighted by atomic mass is 9.95. The minimum Gasteiger partial charge on any atom is -0.458 e. The van der Waals surface area contributed by atoms with Crippen molar-refractivity contribution in [3.05, 3.63) is 0 Å². The van der Waals surface area contributed by atoms with Crippen LogP contribution in [0, 0.1) is 0 Å². The zero-order chi connectivity index (χ0) is 16.1. The fourth-order valence-electron chi connectivity index (χ4n) is 2.51. The zero-order valence-electron chi connectivity index (χ0n) is 14.6. The quantitative estimate of drug-likeness (QED) is 0.763. The van der Waals surface area contributed by atoms with Gasteiger partial charge in [0.05, 0.1) is 6.61 Å². The number of hydrogen-bond acceptors (Lipinski definition) is 4. The van der Waals surface area contributed by atoms with Crippen LogP contribution in [0.4, 0.5) is 0 Å². The molecule has 0 heterocycles. The summed E-state index contributed by atoms with van der Waals surface area (Å²) in [6.07, 6.45) is 6.48. The number of ether oxygens (including phenoxy) is 2. The molecule has 1 atom stereocenters. The van der Waals surface area contributed by atoms with E-state index in [4.69, 9.17) is 9.47 Å². The van der Waals surface area contributed by atoms with Gasteiger partial charge in [0.2, 0.25) is 0 Å². The van der Waals surface area contributed by atoms with Crippen LogP contribution in [0.2, 0.25) is 0 Å². The largest absolute Gasteiger partial charge is 0.458 e. The van der Waals surface area contributed by atoms with Gasteiger partial charge in [0.25, 0.3) is 0 Å². The number of esters is 1. The second-order valence-corrected chi connectivity index (χ2v) is 7.73. The monoisotopic (exact) mass is 299 g/mol. The van der Waals surface area contributed by atoms with Gasteiger partial charge in [0.1, 0.15) is 5.60 Å². The molecule has 1 fully saturated rings. The Kier molecular flexibility index (Phi) is 6.67. The minimum absolute atomic E-state index is 0.245. The fraction of sp³-hybridized carbons (Fsp3) is 0.941. The Morgan fingerprint density at radius 3 is 2.24 bits per heavy atom. The molecule has 0 bridgehead atoms. The highest BCUT2D eigenvalue weighted by atomic mass is 16.6. The smallest absolute Gasteiger partial charge is 0.338 e. The second-order valence-electron chi connectivity index (χ2n) is 7.73. The maximum atomic E-state index is 12.1. The van der Waals surface area contributed by atoms with E-state index in [2.05, 4.69) is 12.2 Å². The molecule has 4 nitrogen and oxygen atoms in total. The number of nitrogens with one attached hydrogen (secondary N) is 1. The first-order valence-electron chi connectivity index (χ1n) is 8.23. The van der Waals surface area contributed by atoms with E-state index >= 15 is 0 Å². The molecule has 1 aliphatic carbocycles. The Hall–Kier alpha value is -0.610. The number of rotatable bonds is 6. The summed E-state index contributed by atoms with van der Waals surface area (Å²) < 4.78 is 11.2. The van der Waals surface area contributed by atoms with Gasteiger partial charge in [-0.15, -0.1) is 0 Å². The lowest BCUT2D eigenvalue weighted by Crippen LogP contribution is -2.45. The first kappa shape index (κ1) is 18.4. The highest BCUT2D eigenvalue weighted by Crippen LogP contribution is 2.19. The van der Waals surface area contributed by atoms with Crippen molar-refractivity contribution < 1.29 is 14.3 Å². The normalized spacial score (nSPS) is 19.3. The highest BCUT2D eigenvalue weighted by molar-refractivity contribution is 5.78. The van der Waals surface area contributed by atoms with Crippen LogP contribution < -0.4 is 5.32 Å². The van der Waals surface area contributed by atoms with Gasteiger partial charge in [0.15, 0.2) is 5.60 Å². The molecule has 1 rings (SSSR count). The van der Waals surface area contributed by atoms with Gasteiger partial charge < -0.3 is 14.8 Å². The third kappa shape index (κ3) is 7.28. The van der Waals surface area contributed by atoms with Crippen molar-refractivity contribution in [1.82, 2.24) is 5.32 Å². The predicted octanol–water partition coefficient (Wildman–Crippen LogP) is 3.43. The lowest BCUT2D eigenvalue weighted by Gasteiger charge is -2.31. The van der Waals surface area contributed by atoms with Gasteiger partial charge >= 0.3 is 5.97 Å². The van der Waals surface area contributed by atoms with Crippen LogP contribution in [0.1, 0.15) is 73.6 Å². The van der Waals surface area contributed by atoms with Gasteiger partial charge in [-0.3, -0.25) is 0 Å². The maximum Gasteiger partial charge on any atom is 0.338 e. The van der Waals surface area contributed by atoms with Gasteiger partial charge in [-0.2, -0.15) is 0 Å². The molecule has 1 aliphatic rings. The lowest BCUT2D eigenvalue weighted by molar-refractivity contribution is -0.180. The molecule has 4 heteroatoms. The van der Waals surface area contributed by atoms with Gasteiger partial charge in [-0.25, -0.2) is 4.79 Å². The van der Waals surface area contributed by atoms with E-state index in [1.807, 2.05) is 20.8 Å². The van der Waals surface area contributed by atoms with Crippen LogP contribution in [-0.2, 0) is 14.3 Å². The SMILES string of the molecule is CC(COC(C)(C)C(=O)OC(C)(C)C)NC1CCCCC1. The Labute approximate surface area is 130 Å². The van der Waals surface area contributed by atoms with Crippen LogP contribution in [-0.4, -0.2) is 35.9 Å². The van der Waals surface area contributed by atoms with Crippen molar-refractivity contribution in [3.8, 4) is 0 Å². The Bertz CT molecular complexity index is 327. The molecule has 0 saturated heterocycles. The van der Waals surface area contributed by atoms with Crippen molar-refractivity contribution >= 4 is 5.97 Å². The molecule has 0 radical (unpaired) electrons. The molecule has 1 saturated carbocycles. The summed E-state index contributed by atoms with van der Waals surface area (Å²) in [5, 5.41) is 3.60. The summed E-state index contributed by atoms with van der Waals surface area (Å²) >= 11 is 0. The second kappa shape index (κ2) is 7.59. The van der Waals surface area contributed by atoms with Crippen LogP contribution >= 0.6 is 0 Å². The van der Waals surface area contributed by atoms with E-state index in [0.717, 1.165) is 0 Å². The zero-order valence-corrected chi connectivity index (χ0v) is 14.6. The van der Waals surface area contributed by atoms with Crippen molar-refractivity contribution in [3.63, 3.8) is 0 Å². The molecule has 21 heavy (non-hydrogen) atoms. The summed E-state index contributed by atoms with van der Waals surface area (Å²) in [4.78, 5) is 12.1. The molecule has 0 spiro atoms. The molecule has 0 aromatic heterocycles. The summed E-state index contributed by atoms with van der Waals surface area (Å²) in [6, 6.07) is 0.844. The van der Waals surface area contributed by atoms with Crippen molar-refractivity contribution in [2.75, 3.05) is 6.61 Å². The van der Waals surface area contributed by atoms with Crippen molar-refractivity contribution in [2.45, 2.75) is 96.9 Å². The van der Waals surface area contributed by atoms with E-state index in [1.54, 1.807) is 13.8 Å². The Morgan fingerprint density at radius 2 is 1.71 bits per heavy atom. The molecule has 124 valence electrons. The van der Waals surface area contributed by atoms with Crippen LogP contribution in [0.25, 0.3) is 0 Å². The van der Waals surface area contributed by atoms with Crippen molar-refractivity contribution in [1.29, 1.82) is 0 Å². The Morgan fingerprint density at radius 1 is 1.14 bits per heavy atom. The molecule has 0 aromatic carbocycles. The van der Waals surface area contributed by atoms with E-state index in [1.165, 1.54) is 32.1 Å². The van der Waals surface area contributed by atoms with E-state index < -0.39 is 11.2 Å². The first-order chi connectivity index (χ1) is 9.60. The molecular weight excluding hydrogens is 266 g/mol. The molecule has 0 aromatic rings. The van der Waals surface area contributed by atoms with Gasteiger partial charge in [-0.1, -0.05) is 19.3 Å². The van der Waals surface area contributed by atoms with Crippen LogP contribution in [0.5, 0.6) is 0 Å². The first-order valence-corrected chi connectivity index (χ1v) is 8.23. The number of hydrogen-bond donors (Lipinski definition) is 1. The van der Waals surface area contributed by atoms with E-state index in [0.29, 0.717) is 12.6 Å². The fourth-order valence-corrected chi connectivity index (χ4v) is 2.51. The average molecular weight is 299 g/mol. The third-order valence-electron chi connectivity index (χ3n) is 3.71. The standard InChI is InChI=1S/C17H33NO3/c1-13(18-14-10-8-7-9-11-14)12-20-17(5,6)15(19)21-16(2,3)4/h13-14,18H,7-12H2,1-6H3. The Balaban J connectivity index is 2.35. The highest BCUT2D eigenvalue weighted by Gasteiger charge is 2.34. The van der Waals surface area contributed by atoms with Crippen LogP contribution in [0.3, 0.4) is 0 Å². The number of carbonyl (C=O) groups is 1. The van der Waals surface area contributed by atoms with Crippen LogP contribution in [0.15, 0.2) is 0 Å². The van der Waals surface area contributed by atoms with Gasteiger partial charge in [0, 0.05) is 12.1 Å². The average Bonchev–Trinajstić information content (AvgIpc) is 2.36. The molecular formula is C17H33NO3. The minimum atomic E-state index is -0.907.